The number of anilines is 1. The summed E-state index contributed by atoms with van der Waals surface area (Å²) in [5.41, 5.74) is 3.58. The third-order valence-corrected chi connectivity index (χ3v) is 5.45. The van der Waals surface area contributed by atoms with Gasteiger partial charge in [-0.2, -0.15) is 0 Å². The first-order chi connectivity index (χ1) is 11.7. The molecule has 0 atom stereocenters. The number of amides is 1. The molecule has 3 aromatic rings. The molecule has 5 rings (SSSR count). The summed E-state index contributed by atoms with van der Waals surface area (Å²) in [6, 6.07) is 12.8. The van der Waals surface area contributed by atoms with Crippen molar-refractivity contribution in [3.05, 3.63) is 65.6 Å². The molecule has 1 amide bonds. The van der Waals surface area contributed by atoms with Crippen LogP contribution in [0.15, 0.2) is 48.7 Å². The van der Waals surface area contributed by atoms with Crippen LogP contribution in [0, 0.1) is 5.82 Å². The minimum atomic E-state index is -0.497. The second kappa shape index (κ2) is 4.69. The van der Waals surface area contributed by atoms with Crippen molar-refractivity contribution in [3.63, 3.8) is 0 Å². The molecule has 1 aliphatic heterocycles. The number of rotatable bonds is 2. The van der Waals surface area contributed by atoms with Crippen LogP contribution in [0.1, 0.15) is 24.0 Å². The number of aromatic amines is 1. The van der Waals surface area contributed by atoms with Gasteiger partial charge >= 0.3 is 0 Å². The van der Waals surface area contributed by atoms with Gasteiger partial charge in [0.15, 0.2) is 0 Å². The molecule has 0 unspecified atom stereocenters. The Morgan fingerprint density at radius 1 is 1.17 bits per heavy atom. The number of hydrogen-bond donors (Lipinski definition) is 1. The molecule has 120 valence electrons. The smallest absolute Gasteiger partial charge is 0.237 e. The lowest BCUT2D eigenvalue weighted by atomic mass is 9.93. The van der Waals surface area contributed by atoms with Gasteiger partial charge in [-0.3, -0.25) is 4.79 Å². The summed E-state index contributed by atoms with van der Waals surface area (Å²) in [4.78, 5) is 18.4. The van der Waals surface area contributed by atoms with Crippen LogP contribution in [0.5, 0.6) is 0 Å². The van der Waals surface area contributed by atoms with Gasteiger partial charge in [0.2, 0.25) is 5.91 Å². The predicted molar refractivity (Wildman–Crippen MR) is 91.7 cm³/mol. The second-order valence-electron chi connectivity index (χ2n) is 6.81. The van der Waals surface area contributed by atoms with E-state index in [1.165, 1.54) is 17.7 Å². The normalized spacial score (nSPS) is 18.0. The molecule has 3 nitrogen and oxygen atoms in total. The standard InChI is InChI=1S/C20H17FN2O/c21-14-5-6-17-15(11-14)16(12-22-17)20(8-9-20)19(24)23-10-7-13-3-1-2-4-18(13)23/h1-6,11-12,22H,7-10H2. The summed E-state index contributed by atoms with van der Waals surface area (Å²) in [6.45, 7) is 0.733. The van der Waals surface area contributed by atoms with Crippen LogP contribution < -0.4 is 4.90 Å². The highest BCUT2D eigenvalue weighted by Crippen LogP contribution is 2.52. The Kier molecular flexibility index (Phi) is 2.70. The molecule has 1 N–H and O–H groups in total. The molecule has 0 bridgehead atoms. The molecule has 2 aromatic carbocycles. The van der Waals surface area contributed by atoms with Crippen molar-refractivity contribution in [2.24, 2.45) is 0 Å². The first-order valence-corrected chi connectivity index (χ1v) is 8.36. The van der Waals surface area contributed by atoms with Gasteiger partial charge in [-0.25, -0.2) is 4.39 Å². The Hall–Kier alpha value is -2.62. The molecule has 0 radical (unpaired) electrons. The van der Waals surface area contributed by atoms with E-state index in [0.717, 1.165) is 48.0 Å². The highest BCUT2D eigenvalue weighted by Gasteiger charge is 2.55. The Balaban J connectivity index is 1.59. The second-order valence-corrected chi connectivity index (χ2v) is 6.81. The van der Waals surface area contributed by atoms with Crippen LogP contribution >= 0.6 is 0 Å². The summed E-state index contributed by atoms with van der Waals surface area (Å²) in [7, 11) is 0. The van der Waals surface area contributed by atoms with Crippen LogP contribution in [0.3, 0.4) is 0 Å². The van der Waals surface area contributed by atoms with E-state index in [0.29, 0.717) is 0 Å². The van der Waals surface area contributed by atoms with E-state index >= 15 is 0 Å². The minimum Gasteiger partial charge on any atom is -0.361 e. The number of nitrogens with zero attached hydrogens (tertiary/aromatic N) is 1. The molecular weight excluding hydrogens is 303 g/mol. The van der Waals surface area contributed by atoms with Crippen LogP contribution in [0.25, 0.3) is 10.9 Å². The zero-order valence-corrected chi connectivity index (χ0v) is 13.2. The maximum Gasteiger partial charge on any atom is 0.237 e. The third kappa shape index (κ3) is 1.80. The van der Waals surface area contributed by atoms with Crippen molar-refractivity contribution < 1.29 is 9.18 Å². The van der Waals surface area contributed by atoms with E-state index in [4.69, 9.17) is 0 Å². The van der Waals surface area contributed by atoms with E-state index in [1.54, 1.807) is 6.07 Å². The molecule has 1 aliphatic carbocycles. The molecule has 4 heteroatoms. The van der Waals surface area contributed by atoms with E-state index in [2.05, 4.69) is 11.1 Å². The fraction of sp³-hybridized carbons (Fsp3) is 0.250. The zero-order valence-electron chi connectivity index (χ0n) is 13.2. The lowest BCUT2D eigenvalue weighted by Gasteiger charge is -2.23. The monoisotopic (exact) mass is 320 g/mol. The van der Waals surface area contributed by atoms with Crippen molar-refractivity contribution in [2.75, 3.05) is 11.4 Å². The van der Waals surface area contributed by atoms with Crippen molar-refractivity contribution in [1.29, 1.82) is 0 Å². The molecule has 1 aromatic heterocycles. The summed E-state index contributed by atoms with van der Waals surface area (Å²) in [5, 5.41) is 0.827. The Bertz CT molecular complexity index is 971. The minimum absolute atomic E-state index is 0.151. The summed E-state index contributed by atoms with van der Waals surface area (Å²) in [5.74, 6) is -0.115. The number of hydrogen-bond acceptors (Lipinski definition) is 1. The number of aromatic nitrogens is 1. The van der Waals surface area contributed by atoms with Gasteiger partial charge in [0.1, 0.15) is 5.82 Å². The number of halogens is 1. The van der Waals surface area contributed by atoms with E-state index < -0.39 is 5.41 Å². The number of nitrogens with one attached hydrogen (secondary N) is 1. The van der Waals surface area contributed by atoms with Crippen molar-refractivity contribution in [1.82, 2.24) is 4.98 Å². The molecule has 2 heterocycles. The van der Waals surface area contributed by atoms with Gasteiger partial charge in [0.25, 0.3) is 0 Å². The number of fused-ring (bicyclic) bond motifs is 2. The van der Waals surface area contributed by atoms with Gasteiger partial charge in [0, 0.05) is 29.3 Å². The lowest BCUT2D eigenvalue weighted by Crippen LogP contribution is -2.38. The van der Waals surface area contributed by atoms with Gasteiger partial charge in [-0.1, -0.05) is 18.2 Å². The number of carbonyl (C=O) groups excluding carboxylic acids is 1. The van der Waals surface area contributed by atoms with E-state index in [1.807, 2.05) is 29.3 Å². The van der Waals surface area contributed by atoms with Gasteiger partial charge in [-0.05, 0) is 54.7 Å². The van der Waals surface area contributed by atoms with Crippen molar-refractivity contribution >= 4 is 22.5 Å². The van der Waals surface area contributed by atoms with Crippen LogP contribution in [0.2, 0.25) is 0 Å². The fourth-order valence-electron chi connectivity index (χ4n) is 4.02. The SMILES string of the molecule is O=C(N1CCc2ccccc21)C1(c2c[nH]c3ccc(F)cc23)CC1. The van der Waals surface area contributed by atoms with Crippen LogP contribution in [-0.2, 0) is 16.6 Å². The predicted octanol–water partition coefficient (Wildman–Crippen LogP) is 3.93. The maximum absolute atomic E-state index is 13.7. The quantitative estimate of drug-likeness (QED) is 0.763. The highest BCUT2D eigenvalue weighted by atomic mass is 19.1. The Labute approximate surface area is 139 Å². The summed E-state index contributed by atoms with van der Waals surface area (Å²) >= 11 is 0. The molecule has 2 aliphatic rings. The topological polar surface area (TPSA) is 36.1 Å². The van der Waals surface area contributed by atoms with Crippen molar-refractivity contribution in [2.45, 2.75) is 24.7 Å². The summed E-state index contributed by atoms with van der Waals surface area (Å²) < 4.78 is 13.7. The molecule has 0 saturated heterocycles. The zero-order chi connectivity index (χ0) is 16.3. The molecule has 1 fully saturated rings. The van der Waals surface area contributed by atoms with Crippen LogP contribution in [-0.4, -0.2) is 17.4 Å². The van der Waals surface area contributed by atoms with Crippen molar-refractivity contribution in [3.8, 4) is 0 Å². The number of carbonyl (C=O) groups is 1. The average molecular weight is 320 g/mol. The lowest BCUT2D eigenvalue weighted by molar-refractivity contribution is -0.120. The largest absolute Gasteiger partial charge is 0.361 e. The highest BCUT2D eigenvalue weighted by molar-refractivity contribution is 6.07. The fourth-order valence-corrected chi connectivity index (χ4v) is 4.02. The van der Waals surface area contributed by atoms with E-state index in [-0.39, 0.29) is 11.7 Å². The number of H-pyrrole nitrogens is 1. The van der Waals surface area contributed by atoms with E-state index in [9.17, 15) is 9.18 Å². The molecular formula is C20H17FN2O. The molecule has 1 saturated carbocycles. The molecule has 24 heavy (non-hydrogen) atoms. The van der Waals surface area contributed by atoms with Gasteiger partial charge < -0.3 is 9.88 Å². The Morgan fingerprint density at radius 3 is 2.83 bits per heavy atom. The van der Waals surface area contributed by atoms with Gasteiger partial charge in [-0.15, -0.1) is 0 Å². The third-order valence-electron chi connectivity index (χ3n) is 5.45. The number of benzene rings is 2. The summed E-state index contributed by atoms with van der Waals surface area (Å²) in [6.07, 6.45) is 4.44. The Morgan fingerprint density at radius 2 is 2.00 bits per heavy atom. The maximum atomic E-state index is 13.7. The van der Waals surface area contributed by atoms with Gasteiger partial charge in [0.05, 0.1) is 5.41 Å². The number of para-hydroxylation sites is 1. The average Bonchev–Trinajstić information content (AvgIpc) is 3.12. The first kappa shape index (κ1) is 13.8. The first-order valence-electron chi connectivity index (χ1n) is 8.36. The molecule has 0 spiro atoms. The van der Waals surface area contributed by atoms with Crippen LogP contribution in [0.4, 0.5) is 10.1 Å².